The average molecular weight is 327 g/mol. The molecule has 0 N–H and O–H groups in total. The van der Waals surface area contributed by atoms with Crippen molar-refractivity contribution in [2.75, 3.05) is 6.26 Å². The summed E-state index contributed by atoms with van der Waals surface area (Å²) in [5.74, 6) is 1.17. The van der Waals surface area contributed by atoms with E-state index >= 15 is 0 Å². The molecule has 0 aliphatic rings. The summed E-state index contributed by atoms with van der Waals surface area (Å²) in [5.41, 5.74) is 0.795. The van der Waals surface area contributed by atoms with Crippen LogP contribution >= 0.6 is 27.7 Å². The van der Waals surface area contributed by atoms with Gasteiger partial charge in [-0.05, 0) is 48.7 Å². The third-order valence-electron chi connectivity index (χ3n) is 2.45. The second kappa shape index (κ2) is 6.25. The van der Waals surface area contributed by atoms with Crippen molar-refractivity contribution < 1.29 is 9.13 Å². The summed E-state index contributed by atoms with van der Waals surface area (Å²) in [6.45, 7) is 0. The summed E-state index contributed by atoms with van der Waals surface area (Å²) in [5, 5.41) is 0.559. The van der Waals surface area contributed by atoms with Crippen LogP contribution in [0.2, 0.25) is 0 Å². The molecule has 2 rings (SSSR count). The van der Waals surface area contributed by atoms with Crippen LogP contribution in [0.25, 0.3) is 0 Å². The molecule has 2 aromatic rings. The lowest BCUT2D eigenvalue weighted by atomic mass is 10.2. The van der Waals surface area contributed by atoms with E-state index < -0.39 is 0 Å². The molecule has 0 radical (unpaired) electrons. The van der Waals surface area contributed by atoms with Crippen LogP contribution in [0.3, 0.4) is 0 Å². The predicted molar refractivity (Wildman–Crippen MR) is 77.3 cm³/mol. The normalized spacial score (nSPS) is 10.4. The summed E-state index contributed by atoms with van der Waals surface area (Å²) in [6.07, 6.45) is 2.03. The Bertz CT molecular complexity index is 528. The molecule has 1 nitrogen and oxygen atoms in total. The first-order valence-electron chi connectivity index (χ1n) is 5.39. The molecular formula is C14H12BrFOS. The minimum atomic E-state index is -0.255. The molecule has 0 unspecified atom stereocenters. The molecule has 0 bridgehead atoms. The molecule has 4 heteroatoms. The first-order valence-corrected chi connectivity index (χ1v) is 7.74. The molecule has 0 saturated heterocycles. The van der Waals surface area contributed by atoms with Gasteiger partial charge in [-0.25, -0.2) is 4.39 Å². The largest absolute Gasteiger partial charge is 0.457 e. The van der Waals surface area contributed by atoms with E-state index in [-0.39, 0.29) is 5.82 Å². The van der Waals surface area contributed by atoms with Gasteiger partial charge in [0.2, 0.25) is 0 Å². The summed E-state index contributed by atoms with van der Waals surface area (Å²) >= 11 is 5.01. The number of thioether (sulfide) groups is 1. The smallest absolute Gasteiger partial charge is 0.131 e. The SMILES string of the molecule is CSc1ccc(Oc2ccc(F)cc2CBr)cc1. The monoisotopic (exact) mass is 326 g/mol. The number of halogens is 2. The van der Waals surface area contributed by atoms with Gasteiger partial charge in [0, 0.05) is 15.8 Å². The molecule has 0 aromatic heterocycles. The van der Waals surface area contributed by atoms with Crippen LogP contribution in [0.4, 0.5) is 4.39 Å². The topological polar surface area (TPSA) is 9.23 Å². The molecule has 0 spiro atoms. The Morgan fingerprint density at radius 1 is 1.17 bits per heavy atom. The van der Waals surface area contributed by atoms with Crippen molar-refractivity contribution in [1.29, 1.82) is 0 Å². The van der Waals surface area contributed by atoms with Gasteiger partial charge in [0.1, 0.15) is 17.3 Å². The van der Waals surface area contributed by atoms with Gasteiger partial charge in [-0.1, -0.05) is 15.9 Å². The van der Waals surface area contributed by atoms with Gasteiger partial charge in [0.15, 0.2) is 0 Å². The van der Waals surface area contributed by atoms with Gasteiger partial charge in [0.05, 0.1) is 0 Å². The van der Waals surface area contributed by atoms with Crippen LogP contribution in [-0.4, -0.2) is 6.26 Å². The van der Waals surface area contributed by atoms with Crippen molar-refractivity contribution in [3.05, 3.63) is 53.8 Å². The quantitative estimate of drug-likeness (QED) is 0.561. The maximum Gasteiger partial charge on any atom is 0.131 e. The van der Waals surface area contributed by atoms with Crippen LogP contribution in [0.1, 0.15) is 5.56 Å². The van der Waals surface area contributed by atoms with Crippen LogP contribution in [0.15, 0.2) is 47.4 Å². The number of rotatable bonds is 4. The average Bonchev–Trinajstić information content (AvgIpc) is 2.41. The van der Waals surface area contributed by atoms with Crippen molar-refractivity contribution in [2.45, 2.75) is 10.2 Å². The van der Waals surface area contributed by atoms with Gasteiger partial charge in [0.25, 0.3) is 0 Å². The molecule has 0 atom stereocenters. The lowest BCUT2D eigenvalue weighted by molar-refractivity contribution is 0.476. The highest BCUT2D eigenvalue weighted by molar-refractivity contribution is 9.08. The van der Waals surface area contributed by atoms with E-state index in [2.05, 4.69) is 15.9 Å². The zero-order valence-electron chi connectivity index (χ0n) is 9.82. The first kappa shape index (κ1) is 13.4. The minimum absolute atomic E-state index is 0.255. The number of hydrogen-bond acceptors (Lipinski definition) is 2. The number of benzene rings is 2. The van der Waals surface area contributed by atoms with Gasteiger partial charge < -0.3 is 4.74 Å². The fourth-order valence-electron chi connectivity index (χ4n) is 1.52. The van der Waals surface area contributed by atoms with Gasteiger partial charge in [-0.2, -0.15) is 0 Å². The Morgan fingerprint density at radius 3 is 2.50 bits per heavy atom. The molecule has 0 fully saturated rings. The number of alkyl halides is 1. The van der Waals surface area contributed by atoms with Crippen molar-refractivity contribution in [2.24, 2.45) is 0 Å². The molecule has 0 amide bonds. The second-order valence-corrected chi connectivity index (χ2v) is 5.10. The van der Waals surface area contributed by atoms with E-state index in [1.807, 2.05) is 30.5 Å². The molecule has 94 valence electrons. The summed E-state index contributed by atoms with van der Waals surface area (Å²) in [6, 6.07) is 12.3. The Morgan fingerprint density at radius 2 is 1.89 bits per heavy atom. The predicted octanol–water partition coefficient (Wildman–Crippen LogP) is 5.23. The Labute approximate surface area is 118 Å². The van der Waals surface area contributed by atoms with E-state index in [4.69, 9.17) is 4.74 Å². The van der Waals surface area contributed by atoms with Crippen LogP contribution < -0.4 is 4.74 Å². The molecule has 0 heterocycles. The highest BCUT2D eigenvalue weighted by Gasteiger charge is 2.05. The minimum Gasteiger partial charge on any atom is -0.457 e. The lowest BCUT2D eigenvalue weighted by Crippen LogP contribution is -1.90. The molecule has 2 aromatic carbocycles. The van der Waals surface area contributed by atoms with Crippen molar-refractivity contribution in [3.8, 4) is 11.5 Å². The maximum absolute atomic E-state index is 13.1. The fraction of sp³-hybridized carbons (Fsp3) is 0.143. The highest BCUT2D eigenvalue weighted by Crippen LogP contribution is 2.28. The lowest BCUT2D eigenvalue weighted by Gasteiger charge is -2.10. The van der Waals surface area contributed by atoms with E-state index in [0.29, 0.717) is 11.1 Å². The molecule has 18 heavy (non-hydrogen) atoms. The van der Waals surface area contributed by atoms with E-state index in [1.54, 1.807) is 17.8 Å². The van der Waals surface area contributed by atoms with Crippen molar-refractivity contribution >= 4 is 27.7 Å². The highest BCUT2D eigenvalue weighted by atomic mass is 79.9. The van der Waals surface area contributed by atoms with E-state index in [9.17, 15) is 4.39 Å². The van der Waals surface area contributed by atoms with Gasteiger partial charge >= 0.3 is 0 Å². The van der Waals surface area contributed by atoms with Gasteiger partial charge in [-0.15, -0.1) is 11.8 Å². The Balaban J connectivity index is 2.22. The summed E-state index contributed by atoms with van der Waals surface area (Å²) in [4.78, 5) is 1.18. The van der Waals surface area contributed by atoms with E-state index in [1.165, 1.54) is 17.0 Å². The molecular weight excluding hydrogens is 315 g/mol. The van der Waals surface area contributed by atoms with Crippen molar-refractivity contribution in [3.63, 3.8) is 0 Å². The Hall–Kier alpha value is -1.000. The zero-order valence-corrected chi connectivity index (χ0v) is 12.2. The van der Waals surface area contributed by atoms with Crippen LogP contribution in [0, 0.1) is 5.82 Å². The number of ether oxygens (including phenoxy) is 1. The third-order valence-corrected chi connectivity index (χ3v) is 3.80. The summed E-state index contributed by atoms with van der Waals surface area (Å²) in [7, 11) is 0. The fourth-order valence-corrected chi connectivity index (χ4v) is 2.37. The standard InChI is InChI=1S/C14H12BrFOS/c1-18-13-5-3-12(4-6-13)17-14-7-2-11(16)8-10(14)9-15/h2-8H,9H2,1H3. The zero-order chi connectivity index (χ0) is 13.0. The molecule has 0 aliphatic carbocycles. The van der Waals surface area contributed by atoms with Gasteiger partial charge in [-0.3, -0.25) is 0 Å². The summed E-state index contributed by atoms with van der Waals surface area (Å²) < 4.78 is 18.8. The molecule has 0 aliphatic heterocycles. The third kappa shape index (κ3) is 3.27. The number of hydrogen-bond donors (Lipinski definition) is 0. The molecule has 0 saturated carbocycles. The van der Waals surface area contributed by atoms with E-state index in [0.717, 1.165) is 11.3 Å². The van der Waals surface area contributed by atoms with Crippen LogP contribution in [0.5, 0.6) is 11.5 Å². The van der Waals surface area contributed by atoms with Crippen molar-refractivity contribution in [1.82, 2.24) is 0 Å². The second-order valence-electron chi connectivity index (χ2n) is 3.66. The van der Waals surface area contributed by atoms with Crippen LogP contribution in [-0.2, 0) is 5.33 Å². The first-order chi connectivity index (χ1) is 8.72. The maximum atomic E-state index is 13.1. The Kier molecular flexibility index (Phi) is 4.66.